The Morgan fingerprint density at radius 1 is 1.29 bits per heavy atom. The first-order chi connectivity index (χ1) is 8.08. The molecule has 3 nitrogen and oxygen atoms in total. The largest absolute Gasteiger partial charge is 0.509 e. The van der Waals surface area contributed by atoms with Crippen molar-refractivity contribution in [3.8, 4) is 0 Å². The molecule has 0 aliphatic carbocycles. The first kappa shape index (κ1) is 10.6. The molecule has 3 rings (SSSR count). The zero-order chi connectivity index (χ0) is 12.0. The Kier molecular flexibility index (Phi) is 2.16. The quantitative estimate of drug-likeness (QED) is 0.718. The summed E-state index contributed by atoms with van der Waals surface area (Å²) in [5.74, 6) is 0. The van der Waals surface area contributed by atoms with Gasteiger partial charge in [0.25, 0.3) is 0 Å². The molecule has 17 heavy (non-hydrogen) atoms. The molecular formula is C13H12O3S. The third-order valence-electron chi connectivity index (χ3n) is 3.00. The maximum atomic E-state index is 11.3. The van der Waals surface area contributed by atoms with Gasteiger partial charge in [0, 0.05) is 10.3 Å². The zero-order valence-electron chi connectivity index (χ0n) is 9.60. The lowest BCUT2D eigenvalue weighted by molar-refractivity contribution is 0.0647. The van der Waals surface area contributed by atoms with Gasteiger partial charge in [0.15, 0.2) is 11.7 Å². The molecule has 1 atom stereocenters. The molecule has 1 aliphatic rings. The van der Waals surface area contributed by atoms with Crippen molar-refractivity contribution in [2.24, 2.45) is 0 Å². The van der Waals surface area contributed by atoms with Crippen molar-refractivity contribution < 1.29 is 14.3 Å². The number of hydrogen-bond acceptors (Lipinski definition) is 4. The van der Waals surface area contributed by atoms with E-state index in [2.05, 4.69) is 12.1 Å². The van der Waals surface area contributed by atoms with Gasteiger partial charge in [-0.3, -0.25) is 0 Å². The lowest BCUT2D eigenvalue weighted by Gasteiger charge is -2.22. The molecule has 0 amide bonds. The summed E-state index contributed by atoms with van der Waals surface area (Å²) in [7, 11) is 0. The van der Waals surface area contributed by atoms with E-state index in [1.54, 1.807) is 11.3 Å². The predicted molar refractivity (Wildman–Crippen MR) is 66.2 cm³/mol. The van der Waals surface area contributed by atoms with Crippen molar-refractivity contribution in [2.75, 3.05) is 0 Å². The second-order valence-corrected chi connectivity index (χ2v) is 5.58. The Morgan fingerprint density at radius 3 is 2.82 bits per heavy atom. The summed E-state index contributed by atoms with van der Waals surface area (Å²) in [4.78, 5) is 11.3. The molecule has 2 aromatic rings. The van der Waals surface area contributed by atoms with Crippen molar-refractivity contribution in [1.82, 2.24) is 0 Å². The number of thiophene rings is 1. The van der Waals surface area contributed by atoms with Crippen molar-refractivity contribution >= 4 is 27.6 Å². The molecule has 0 unspecified atom stereocenters. The van der Waals surface area contributed by atoms with E-state index in [0.717, 1.165) is 10.9 Å². The van der Waals surface area contributed by atoms with Gasteiger partial charge in [-0.25, -0.2) is 4.79 Å². The Hall–Kier alpha value is -1.55. The first-order valence-corrected chi connectivity index (χ1v) is 6.32. The van der Waals surface area contributed by atoms with Gasteiger partial charge >= 0.3 is 6.16 Å². The van der Waals surface area contributed by atoms with Crippen molar-refractivity contribution in [2.45, 2.75) is 25.6 Å². The molecule has 0 radical (unpaired) electrons. The normalized spacial score (nSPS) is 22.5. The SMILES string of the molecule is CC1(C)OC(=O)O[C@@H]1c1cccc2sccc12. The van der Waals surface area contributed by atoms with Gasteiger partial charge in [-0.05, 0) is 36.7 Å². The maximum absolute atomic E-state index is 11.3. The van der Waals surface area contributed by atoms with Gasteiger partial charge in [0.05, 0.1) is 0 Å². The Balaban J connectivity index is 2.15. The van der Waals surface area contributed by atoms with Crippen molar-refractivity contribution in [3.05, 3.63) is 35.2 Å². The van der Waals surface area contributed by atoms with Crippen LogP contribution in [-0.4, -0.2) is 11.8 Å². The lowest BCUT2D eigenvalue weighted by Crippen LogP contribution is -2.26. The lowest BCUT2D eigenvalue weighted by atomic mass is 9.93. The molecule has 2 heterocycles. The Morgan fingerprint density at radius 2 is 2.12 bits per heavy atom. The van der Waals surface area contributed by atoms with E-state index in [1.165, 1.54) is 4.70 Å². The monoisotopic (exact) mass is 248 g/mol. The summed E-state index contributed by atoms with van der Waals surface area (Å²) in [5, 5.41) is 3.17. The minimum absolute atomic E-state index is 0.340. The fourth-order valence-corrected chi connectivity index (χ4v) is 3.04. The maximum Gasteiger partial charge on any atom is 0.509 e. The van der Waals surface area contributed by atoms with E-state index in [1.807, 2.05) is 31.4 Å². The molecule has 1 aromatic carbocycles. The molecule has 88 valence electrons. The van der Waals surface area contributed by atoms with Crippen LogP contribution < -0.4 is 0 Å². The fraction of sp³-hybridized carbons (Fsp3) is 0.308. The zero-order valence-corrected chi connectivity index (χ0v) is 10.4. The molecule has 0 bridgehead atoms. The van der Waals surface area contributed by atoms with Crippen LogP contribution in [0.1, 0.15) is 25.5 Å². The van der Waals surface area contributed by atoms with Crippen LogP contribution in [0.4, 0.5) is 4.79 Å². The topological polar surface area (TPSA) is 35.5 Å². The van der Waals surface area contributed by atoms with Gasteiger partial charge in [-0.15, -0.1) is 11.3 Å². The Labute approximate surface area is 103 Å². The average Bonchev–Trinajstić information content (AvgIpc) is 2.81. The van der Waals surface area contributed by atoms with Gasteiger partial charge in [0.2, 0.25) is 0 Å². The number of carbonyl (C=O) groups excluding carboxylic acids is 1. The molecule has 4 heteroatoms. The highest BCUT2D eigenvalue weighted by molar-refractivity contribution is 7.17. The van der Waals surface area contributed by atoms with E-state index in [4.69, 9.17) is 9.47 Å². The van der Waals surface area contributed by atoms with E-state index in [-0.39, 0.29) is 6.10 Å². The average molecular weight is 248 g/mol. The standard InChI is InChI=1S/C13H12O3S/c1-13(2)11(15-12(14)16-13)9-4-3-5-10-8(9)6-7-17-10/h3-7,11H,1-2H3/t11-/m1/s1. The second-order valence-electron chi connectivity index (χ2n) is 4.63. The predicted octanol–water partition coefficient (Wildman–Crippen LogP) is 3.89. The summed E-state index contributed by atoms with van der Waals surface area (Å²) in [6, 6.07) is 8.09. The number of cyclic esters (lactones) is 2. The van der Waals surface area contributed by atoms with Crippen LogP contribution in [0.2, 0.25) is 0 Å². The summed E-state index contributed by atoms with van der Waals surface area (Å²) < 4.78 is 11.7. The number of fused-ring (bicyclic) bond motifs is 1. The fourth-order valence-electron chi connectivity index (χ4n) is 2.21. The summed E-state index contributed by atoms with van der Waals surface area (Å²) >= 11 is 1.68. The van der Waals surface area contributed by atoms with Crippen LogP contribution >= 0.6 is 11.3 Å². The summed E-state index contributed by atoms with van der Waals surface area (Å²) in [5.41, 5.74) is 0.396. The number of rotatable bonds is 1. The van der Waals surface area contributed by atoms with E-state index in [9.17, 15) is 4.79 Å². The van der Waals surface area contributed by atoms with Gasteiger partial charge in [-0.2, -0.15) is 0 Å². The van der Waals surface area contributed by atoms with Crippen LogP contribution in [0.25, 0.3) is 10.1 Å². The van der Waals surface area contributed by atoms with E-state index >= 15 is 0 Å². The van der Waals surface area contributed by atoms with Gasteiger partial charge in [-0.1, -0.05) is 12.1 Å². The molecule has 1 aliphatic heterocycles. The van der Waals surface area contributed by atoms with Gasteiger partial charge < -0.3 is 9.47 Å². The third kappa shape index (κ3) is 1.60. The number of benzene rings is 1. The smallest absolute Gasteiger partial charge is 0.424 e. The Bertz CT molecular complexity index is 585. The van der Waals surface area contributed by atoms with Crippen molar-refractivity contribution in [1.29, 1.82) is 0 Å². The minimum Gasteiger partial charge on any atom is -0.424 e. The molecular weight excluding hydrogens is 236 g/mol. The number of carbonyl (C=O) groups is 1. The molecule has 1 saturated heterocycles. The van der Waals surface area contributed by atoms with Crippen LogP contribution in [0, 0.1) is 0 Å². The first-order valence-electron chi connectivity index (χ1n) is 5.44. The number of ether oxygens (including phenoxy) is 2. The molecule has 0 N–H and O–H groups in total. The van der Waals surface area contributed by atoms with Crippen LogP contribution in [-0.2, 0) is 9.47 Å². The highest BCUT2D eigenvalue weighted by atomic mass is 32.1. The van der Waals surface area contributed by atoms with Crippen LogP contribution in [0.15, 0.2) is 29.6 Å². The van der Waals surface area contributed by atoms with Crippen LogP contribution in [0.3, 0.4) is 0 Å². The highest BCUT2D eigenvalue weighted by Crippen LogP contribution is 2.41. The molecule has 0 saturated carbocycles. The van der Waals surface area contributed by atoms with Crippen molar-refractivity contribution in [3.63, 3.8) is 0 Å². The summed E-state index contributed by atoms with van der Waals surface area (Å²) in [6.07, 6.45) is -0.930. The van der Waals surface area contributed by atoms with E-state index < -0.39 is 11.8 Å². The number of hydrogen-bond donors (Lipinski definition) is 0. The van der Waals surface area contributed by atoms with Crippen LogP contribution in [0.5, 0.6) is 0 Å². The third-order valence-corrected chi connectivity index (χ3v) is 3.89. The molecule has 1 aromatic heterocycles. The molecule has 1 fully saturated rings. The minimum atomic E-state index is -0.618. The summed E-state index contributed by atoms with van der Waals surface area (Å²) in [6.45, 7) is 3.74. The second kappa shape index (κ2) is 3.47. The highest BCUT2D eigenvalue weighted by Gasteiger charge is 2.45. The van der Waals surface area contributed by atoms with Gasteiger partial charge in [0.1, 0.15) is 0 Å². The van der Waals surface area contributed by atoms with E-state index in [0.29, 0.717) is 0 Å². The molecule has 0 spiro atoms.